The van der Waals surface area contributed by atoms with Gasteiger partial charge in [-0.05, 0) is 88.8 Å². The van der Waals surface area contributed by atoms with Crippen molar-refractivity contribution in [1.82, 2.24) is 0 Å². The monoisotopic (exact) mass is 677 g/mol. The predicted molar refractivity (Wildman–Crippen MR) is 226 cm³/mol. The van der Waals surface area contributed by atoms with Crippen LogP contribution in [0.15, 0.2) is 182 Å². The summed E-state index contributed by atoms with van der Waals surface area (Å²) in [5, 5.41) is 7.40. The van der Waals surface area contributed by atoms with E-state index in [1.165, 1.54) is 60.0 Å². The first-order valence-electron chi connectivity index (χ1n) is 18.4. The number of hydrogen-bond acceptors (Lipinski definition) is 2. The van der Waals surface area contributed by atoms with Gasteiger partial charge in [-0.15, -0.1) is 0 Å². The lowest BCUT2D eigenvalue weighted by atomic mass is 9.35. The van der Waals surface area contributed by atoms with Gasteiger partial charge in [0, 0.05) is 34.1 Å². The summed E-state index contributed by atoms with van der Waals surface area (Å²) in [6.45, 7) is 4.25. The van der Waals surface area contributed by atoms with E-state index < -0.39 is 0 Å². The van der Waals surface area contributed by atoms with Gasteiger partial charge >= 0.3 is 0 Å². The Kier molecular flexibility index (Phi) is 7.40. The first kappa shape index (κ1) is 31.2. The van der Waals surface area contributed by atoms with Crippen molar-refractivity contribution < 1.29 is 4.74 Å². The molecule has 2 nitrogen and oxygen atoms in total. The van der Waals surface area contributed by atoms with Gasteiger partial charge in [-0.25, -0.2) is 0 Å². The van der Waals surface area contributed by atoms with Gasteiger partial charge in [0.15, 0.2) is 0 Å². The summed E-state index contributed by atoms with van der Waals surface area (Å²) >= 11 is 0. The largest absolute Gasteiger partial charge is 0.456 e. The second kappa shape index (κ2) is 12.6. The van der Waals surface area contributed by atoms with Crippen LogP contribution < -0.4 is 26.0 Å². The second-order valence-electron chi connectivity index (χ2n) is 14.2. The van der Waals surface area contributed by atoms with E-state index >= 15 is 0 Å². The Morgan fingerprint density at radius 1 is 0.396 bits per heavy atom. The molecule has 0 amide bonds. The number of nitrogens with zero attached hydrogens (tertiary/aromatic N) is 1. The Hall–Kier alpha value is -6.58. The standard InChI is InChI=1S/C50H36BNO/c1-33-20-24-37(25-21-33)52(38-26-22-34(2)23-27-38)39-28-29-42-43-30-31-47(44-16-9-19-48(50(43)44)53-49(42)32-39)51(45-17-7-12-35-10-3-5-14-40(35)45)46-18-8-13-36-11-4-6-15-41(36)46/h3-32H,1-2H3. The van der Waals surface area contributed by atoms with Gasteiger partial charge in [-0.1, -0.05) is 161 Å². The first-order chi connectivity index (χ1) is 26.1. The summed E-state index contributed by atoms with van der Waals surface area (Å²) in [5.74, 6) is 1.75. The number of rotatable bonds is 6. The van der Waals surface area contributed by atoms with Gasteiger partial charge in [0.1, 0.15) is 11.5 Å². The average molecular weight is 678 g/mol. The average Bonchev–Trinajstić information content (AvgIpc) is 3.20. The van der Waals surface area contributed by atoms with Crippen LogP contribution in [0.25, 0.3) is 43.4 Å². The smallest absolute Gasteiger partial charge is 0.243 e. The van der Waals surface area contributed by atoms with Crippen molar-refractivity contribution in [2.45, 2.75) is 13.8 Å². The van der Waals surface area contributed by atoms with Crippen molar-refractivity contribution in [2.75, 3.05) is 4.90 Å². The van der Waals surface area contributed by atoms with Crippen LogP contribution in [-0.2, 0) is 0 Å². The van der Waals surface area contributed by atoms with Crippen molar-refractivity contribution in [3.05, 3.63) is 193 Å². The maximum absolute atomic E-state index is 6.91. The fraction of sp³-hybridized carbons (Fsp3) is 0.0400. The third kappa shape index (κ3) is 5.28. The van der Waals surface area contributed by atoms with Gasteiger partial charge in [0.25, 0.3) is 0 Å². The van der Waals surface area contributed by atoms with E-state index in [0.29, 0.717) is 0 Å². The Morgan fingerprint density at radius 2 is 0.887 bits per heavy atom. The summed E-state index contributed by atoms with van der Waals surface area (Å²) in [6.07, 6.45) is 0. The minimum absolute atomic E-state index is 0.00199. The number of aryl methyl sites for hydroxylation is 2. The highest BCUT2D eigenvalue weighted by Crippen LogP contribution is 2.48. The summed E-state index contributed by atoms with van der Waals surface area (Å²) in [6, 6.07) is 66.3. The molecule has 3 heteroatoms. The molecule has 250 valence electrons. The van der Waals surface area contributed by atoms with Crippen molar-refractivity contribution in [1.29, 1.82) is 0 Å². The van der Waals surface area contributed by atoms with E-state index in [9.17, 15) is 0 Å². The Morgan fingerprint density at radius 3 is 1.51 bits per heavy atom. The number of fused-ring (bicyclic) bond motifs is 4. The molecule has 1 aliphatic heterocycles. The van der Waals surface area contributed by atoms with E-state index in [1.807, 2.05) is 0 Å². The molecule has 1 heterocycles. The lowest BCUT2D eigenvalue weighted by Crippen LogP contribution is -2.52. The molecule has 0 N–H and O–H groups in total. The summed E-state index contributed by atoms with van der Waals surface area (Å²) in [7, 11) is 0. The maximum Gasteiger partial charge on any atom is 0.243 e. The van der Waals surface area contributed by atoms with Gasteiger partial charge < -0.3 is 9.64 Å². The van der Waals surface area contributed by atoms with Crippen molar-refractivity contribution in [2.24, 2.45) is 0 Å². The maximum atomic E-state index is 6.91. The summed E-state index contributed by atoms with van der Waals surface area (Å²) in [4.78, 5) is 2.31. The fourth-order valence-electron chi connectivity index (χ4n) is 8.37. The first-order valence-corrected chi connectivity index (χ1v) is 18.4. The van der Waals surface area contributed by atoms with Crippen molar-refractivity contribution in [3.8, 4) is 22.6 Å². The molecule has 0 spiro atoms. The molecule has 0 atom stereocenters. The molecule has 0 radical (unpaired) electrons. The van der Waals surface area contributed by atoms with Crippen LogP contribution in [0.3, 0.4) is 0 Å². The van der Waals surface area contributed by atoms with Gasteiger partial charge in [-0.2, -0.15) is 0 Å². The topological polar surface area (TPSA) is 12.5 Å². The third-order valence-corrected chi connectivity index (χ3v) is 10.9. The van der Waals surface area contributed by atoms with E-state index in [2.05, 4.69) is 201 Å². The molecular formula is C50H36BNO. The highest BCUT2D eigenvalue weighted by Gasteiger charge is 2.30. The van der Waals surface area contributed by atoms with Crippen LogP contribution in [0, 0.1) is 13.8 Å². The highest BCUT2D eigenvalue weighted by molar-refractivity contribution is 6.99. The number of hydrogen-bond donors (Lipinski definition) is 0. The zero-order chi connectivity index (χ0) is 35.5. The number of ether oxygens (including phenoxy) is 1. The normalized spacial score (nSPS) is 11.7. The molecule has 0 bridgehead atoms. The SMILES string of the molecule is Cc1ccc(N(c2ccc(C)cc2)c2ccc3c(c2)Oc2cccc4c(B(c5cccc6ccccc56)c5cccc6ccccc56)ccc-3c24)cc1. The molecule has 0 fully saturated rings. The van der Waals surface area contributed by atoms with Crippen LogP contribution in [0.4, 0.5) is 17.1 Å². The van der Waals surface area contributed by atoms with Crippen LogP contribution in [0.2, 0.25) is 0 Å². The molecule has 0 unspecified atom stereocenters. The van der Waals surface area contributed by atoms with E-state index in [-0.39, 0.29) is 6.71 Å². The molecule has 9 aromatic carbocycles. The zero-order valence-corrected chi connectivity index (χ0v) is 29.8. The molecule has 0 saturated carbocycles. The highest BCUT2D eigenvalue weighted by atomic mass is 16.5. The summed E-state index contributed by atoms with van der Waals surface area (Å²) < 4.78 is 6.91. The molecule has 53 heavy (non-hydrogen) atoms. The molecule has 1 aliphatic rings. The van der Waals surface area contributed by atoms with E-state index in [4.69, 9.17) is 4.74 Å². The molecular weight excluding hydrogens is 641 g/mol. The molecule has 9 aromatic rings. The predicted octanol–water partition coefficient (Wildman–Crippen LogP) is 11.5. The van der Waals surface area contributed by atoms with Gasteiger partial charge in [0.05, 0.1) is 0 Å². The molecule has 0 aliphatic carbocycles. The minimum Gasteiger partial charge on any atom is -0.456 e. The van der Waals surface area contributed by atoms with Gasteiger partial charge in [-0.3, -0.25) is 0 Å². The van der Waals surface area contributed by atoms with E-state index in [1.54, 1.807) is 0 Å². The lowest BCUT2D eigenvalue weighted by Gasteiger charge is -2.29. The Labute approximate surface area is 310 Å². The van der Waals surface area contributed by atoms with Crippen LogP contribution in [0.1, 0.15) is 11.1 Å². The van der Waals surface area contributed by atoms with Crippen molar-refractivity contribution in [3.63, 3.8) is 0 Å². The van der Waals surface area contributed by atoms with E-state index in [0.717, 1.165) is 39.5 Å². The Bertz CT molecular complexity index is 2710. The lowest BCUT2D eigenvalue weighted by molar-refractivity contribution is 0.487. The number of anilines is 3. The molecule has 0 aromatic heterocycles. The second-order valence-corrected chi connectivity index (χ2v) is 14.2. The van der Waals surface area contributed by atoms with Gasteiger partial charge in [0.2, 0.25) is 6.71 Å². The minimum atomic E-state index is -0.00199. The fourth-order valence-corrected chi connectivity index (χ4v) is 8.37. The molecule has 10 rings (SSSR count). The number of benzene rings is 9. The van der Waals surface area contributed by atoms with Crippen LogP contribution in [0.5, 0.6) is 11.5 Å². The quantitative estimate of drug-likeness (QED) is 0.162. The third-order valence-electron chi connectivity index (χ3n) is 10.9. The molecule has 0 saturated heterocycles. The zero-order valence-electron chi connectivity index (χ0n) is 29.8. The Balaban J connectivity index is 1.16. The van der Waals surface area contributed by atoms with Crippen LogP contribution in [-0.4, -0.2) is 6.71 Å². The van der Waals surface area contributed by atoms with Crippen LogP contribution >= 0.6 is 0 Å². The summed E-state index contributed by atoms with van der Waals surface area (Å²) in [5.41, 5.74) is 11.9. The van der Waals surface area contributed by atoms with Crippen molar-refractivity contribution >= 4 is 72.5 Å².